The molecule has 7 heteroatoms. The molecule has 1 unspecified atom stereocenters. The lowest BCUT2D eigenvalue weighted by atomic mass is 10.0. The second-order valence-corrected chi connectivity index (χ2v) is 6.63. The van der Waals surface area contributed by atoms with Crippen LogP contribution in [0.25, 0.3) is 0 Å². The minimum atomic E-state index is -0.727. The topological polar surface area (TPSA) is 76.7 Å². The number of methoxy groups -OCH3 is 1. The van der Waals surface area contributed by atoms with Gasteiger partial charge in [0.1, 0.15) is 17.5 Å². The molecule has 0 saturated carbocycles. The van der Waals surface area contributed by atoms with E-state index in [1.807, 2.05) is 32.0 Å². The molecule has 0 spiro atoms. The number of hydrogen-bond acceptors (Lipinski definition) is 4. The Kier molecular flexibility index (Phi) is 7.49. The lowest BCUT2D eigenvalue weighted by molar-refractivity contribution is -0.128. The molecule has 0 aliphatic heterocycles. The van der Waals surface area contributed by atoms with Gasteiger partial charge in [-0.15, -0.1) is 0 Å². The summed E-state index contributed by atoms with van der Waals surface area (Å²) in [5.74, 6) is 0.314. The number of anilines is 1. The molecule has 6 nitrogen and oxygen atoms in total. The Morgan fingerprint density at radius 1 is 1.07 bits per heavy atom. The summed E-state index contributed by atoms with van der Waals surface area (Å²) in [7, 11) is 1.53. The first-order valence-electron chi connectivity index (χ1n) is 8.52. The van der Waals surface area contributed by atoms with Crippen LogP contribution in [-0.2, 0) is 9.59 Å². The fourth-order valence-electron chi connectivity index (χ4n) is 2.35. The fourth-order valence-corrected chi connectivity index (χ4v) is 2.57. The van der Waals surface area contributed by atoms with Gasteiger partial charge < -0.3 is 20.1 Å². The average Bonchev–Trinajstić information content (AvgIpc) is 2.66. The summed E-state index contributed by atoms with van der Waals surface area (Å²) in [6.45, 7) is 3.51. The smallest absolute Gasteiger partial charge is 0.258 e. The van der Waals surface area contributed by atoms with Crippen LogP contribution in [0.5, 0.6) is 11.5 Å². The summed E-state index contributed by atoms with van der Waals surface area (Å²) in [5, 5.41) is 5.80. The third-order valence-electron chi connectivity index (χ3n) is 3.81. The number of amides is 2. The Morgan fingerprint density at radius 2 is 1.78 bits per heavy atom. The lowest BCUT2D eigenvalue weighted by Crippen LogP contribution is -2.48. The van der Waals surface area contributed by atoms with Crippen LogP contribution in [0, 0.1) is 5.92 Å². The van der Waals surface area contributed by atoms with Gasteiger partial charge in [-0.1, -0.05) is 43.6 Å². The number of ether oxygens (including phenoxy) is 2. The number of hydrogen-bond donors (Lipinski definition) is 2. The van der Waals surface area contributed by atoms with Gasteiger partial charge in [0.15, 0.2) is 6.61 Å². The van der Waals surface area contributed by atoms with Crippen molar-refractivity contribution < 1.29 is 19.1 Å². The van der Waals surface area contributed by atoms with Crippen LogP contribution in [0.1, 0.15) is 13.8 Å². The Bertz CT molecular complexity index is 781. The van der Waals surface area contributed by atoms with Gasteiger partial charge >= 0.3 is 0 Å². The van der Waals surface area contributed by atoms with Crippen molar-refractivity contribution >= 4 is 29.1 Å². The van der Waals surface area contributed by atoms with E-state index in [0.717, 1.165) is 0 Å². The molecule has 0 bridgehead atoms. The summed E-state index contributed by atoms with van der Waals surface area (Å²) in [6.07, 6.45) is 0. The van der Waals surface area contributed by atoms with E-state index < -0.39 is 6.04 Å². The SMILES string of the molecule is COc1ccc(NC(=O)C(NC(=O)COc2ccccc2)C(C)C)c(Cl)c1. The molecular weight excluding hydrogens is 368 g/mol. The molecule has 2 aromatic rings. The van der Waals surface area contributed by atoms with Crippen molar-refractivity contribution in [3.63, 3.8) is 0 Å². The van der Waals surface area contributed by atoms with Crippen LogP contribution in [0.15, 0.2) is 48.5 Å². The highest BCUT2D eigenvalue weighted by Crippen LogP contribution is 2.27. The number of carbonyl (C=O) groups excluding carboxylic acids is 2. The van der Waals surface area contributed by atoms with Crippen LogP contribution < -0.4 is 20.1 Å². The second kappa shape index (κ2) is 9.83. The zero-order chi connectivity index (χ0) is 19.8. The van der Waals surface area contributed by atoms with Gasteiger partial charge in [0, 0.05) is 6.07 Å². The third-order valence-corrected chi connectivity index (χ3v) is 4.13. The molecule has 0 saturated heterocycles. The van der Waals surface area contributed by atoms with Crippen LogP contribution in [-0.4, -0.2) is 31.6 Å². The van der Waals surface area contributed by atoms with E-state index in [-0.39, 0.29) is 24.3 Å². The van der Waals surface area contributed by atoms with Crippen molar-refractivity contribution in [3.8, 4) is 11.5 Å². The van der Waals surface area contributed by atoms with Crippen LogP contribution in [0.2, 0.25) is 5.02 Å². The van der Waals surface area contributed by atoms with Gasteiger partial charge in [0.25, 0.3) is 5.91 Å². The highest BCUT2D eigenvalue weighted by Gasteiger charge is 2.25. The molecule has 144 valence electrons. The van der Waals surface area contributed by atoms with Gasteiger partial charge in [-0.2, -0.15) is 0 Å². The van der Waals surface area contributed by atoms with Crippen LogP contribution >= 0.6 is 11.6 Å². The van der Waals surface area contributed by atoms with E-state index in [4.69, 9.17) is 21.1 Å². The summed E-state index contributed by atoms with van der Waals surface area (Å²) >= 11 is 6.16. The molecule has 2 aromatic carbocycles. The largest absolute Gasteiger partial charge is 0.497 e. The predicted molar refractivity (Wildman–Crippen MR) is 105 cm³/mol. The number of benzene rings is 2. The maximum absolute atomic E-state index is 12.6. The molecule has 2 N–H and O–H groups in total. The summed E-state index contributed by atoms with van der Waals surface area (Å²) in [4.78, 5) is 24.8. The first kappa shape index (κ1) is 20.6. The summed E-state index contributed by atoms with van der Waals surface area (Å²) in [5.41, 5.74) is 0.447. The van der Waals surface area contributed by atoms with Crippen molar-refractivity contribution in [2.75, 3.05) is 19.0 Å². The third kappa shape index (κ3) is 6.18. The summed E-state index contributed by atoms with van der Waals surface area (Å²) in [6, 6.07) is 13.2. The highest BCUT2D eigenvalue weighted by molar-refractivity contribution is 6.33. The first-order chi connectivity index (χ1) is 12.9. The molecule has 0 fully saturated rings. The molecule has 27 heavy (non-hydrogen) atoms. The molecule has 0 aliphatic rings. The van der Waals surface area contributed by atoms with Crippen molar-refractivity contribution in [3.05, 3.63) is 53.6 Å². The number of carbonyl (C=O) groups is 2. The Balaban J connectivity index is 1.97. The number of nitrogens with one attached hydrogen (secondary N) is 2. The molecule has 2 rings (SSSR count). The van der Waals surface area contributed by atoms with Gasteiger partial charge in [-0.3, -0.25) is 9.59 Å². The van der Waals surface area contributed by atoms with Crippen molar-refractivity contribution in [1.82, 2.24) is 5.32 Å². The molecule has 0 aromatic heterocycles. The second-order valence-electron chi connectivity index (χ2n) is 6.23. The minimum absolute atomic E-state index is 0.123. The first-order valence-corrected chi connectivity index (χ1v) is 8.90. The Labute approximate surface area is 163 Å². The van der Waals surface area contributed by atoms with Crippen LogP contribution in [0.3, 0.4) is 0 Å². The summed E-state index contributed by atoms with van der Waals surface area (Å²) < 4.78 is 10.5. The molecular formula is C20H23ClN2O4. The quantitative estimate of drug-likeness (QED) is 0.723. The number of halogens is 1. The molecule has 0 radical (unpaired) electrons. The monoisotopic (exact) mass is 390 g/mol. The van der Waals surface area contributed by atoms with Crippen molar-refractivity contribution in [2.24, 2.45) is 5.92 Å². The van der Waals surface area contributed by atoms with Gasteiger partial charge in [0.2, 0.25) is 5.91 Å². The molecule has 0 heterocycles. The molecule has 2 amide bonds. The van der Waals surface area contributed by atoms with Gasteiger partial charge in [-0.05, 0) is 30.2 Å². The zero-order valence-electron chi connectivity index (χ0n) is 15.5. The molecule has 0 aliphatic carbocycles. The maximum Gasteiger partial charge on any atom is 0.258 e. The van der Waals surface area contributed by atoms with E-state index in [1.165, 1.54) is 7.11 Å². The van der Waals surface area contributed by atoms with Crippen molar-refractivity contribution in [1.29, 1.82) is 0 Å². The number of rotatable bonds is 8. The predicted octanol–water partition coefficient (Wildman–Crippen LogP) is 3.51. The molecule has 1 atom stereocenters. The normalized spacial score (nSPS) is 11.6. The highest BCUT2D eigenvalue weighted by atomic mass is 35.5. The lowest BCUT2D eigenvalue weighted by Gasteiger charge is -2.22. The van der Waals surface area contributed by atoms with Crippen LogP contribution in [0.4, 0.5) is 5.69 Å². The Hall–Kier alpha value is -2.73. The van der Waals surface area contributed by atoms with E-state index in [0.29, 0.717) is 22.2 Å². The number of para-hydroxylation sites is 1. The van der Waals surface area contributed by atoms with Crippen molar-refractivity contribution in [2.45, 2.75) is 19.9 Å². The fraction of sp³-hybridized carbons (Fsp3) is 0.300. The van der Waals surface area contributed by atoms with Gasteiger partial charge in [-0.25, -0.2) is 0 Å². The van der Waals surface area contributed by atoms with E-state index in [9.17, 15) is 9.59 Å². The van der Waals surface area contributed by atoms with E-state index >= 15 is 0 Å². The Morgan fingerprint density at radius 3 is 2.37 bits per heavy atom. The maximum atomic E-state index is 12.6. The minimum Gasteiger partial charge on any atom is -0.497 e. The average molecular weight is 391 g/mol. The van der Waals surface area contributed by atoms with Gasteiger partial charge in [0.05, 0.1) is 17.8 Å². The standard InChI is InChI=1S/C20H23ClN2O4/c1-13(2)19(23-18(24)12-27-14-7-5-4-6-8-14)20(25)22-17-10-9-15(26-3)11-16(17)21/h4-11,13,19H,12H2,1-3H3,(H,22,25)(H,23,24). The zero-order valence-corrected chi connectivity index (χ0v) is 16.2. The van der Waals surface area contributed by atoms with E-state index in [2.05, 4.69) is 10.6 Å². The van der Waals surface area contributed by atoms with E-state index in [1.54, 1.807) is 30.3 Å².